The Labute approximate surface area is 112 Å². The van der Waals surface area contributed by atoms with Crippen molar-refractivity contribution < 1.29 is 14.3 Å². The molecule has 0 heterocycles. The second-order valence-electron chi connectivity index (χ2n) is 4.40. The fourth-order valence-electron chi connectivity index (χ4n) is 2.25. The van der Waals surface area contributed by atoms with Gasteiger partial charge in [0.1, 0.15) is 5.54 Å². The summed E-state index contributed by atoms with van der Waals surface area (Å²) in [5.41, 5.74) is 10.4. The molecule has 1 aliphatic carbocycles. The van der Waals surface area contributed by atoms with Crippen LogP contribution in [0.4, 0.5) is 0 Å². The van der Waals surface area contributed by atoms with Crippen molar-refractivity contribution in [3.05, 3.63) is 0 Å². The molecule has 0 spiro atoms. The van der Waals surface area contributed by atoms with Crippen LogP contribution < -0.4 is 11.5 Å². The van der Waals surface area contributed by atoms with E-state index in [-0.39, 0.29) is 29.4 Å². The summed E-state index contributed by atoms with van der Waals surface area (Å²) in [7, 11) is 0. The Morgan fingerprint density at radius 3 is 2.59 bits per heavy atom. The molecule has 1 fully saturated rings. The van der Waals surface area contributed by atoms with Gasteiger partial charge < -0.3 is 16.2 Å². The van der Waals surface area contributed by atoms with Crippen LogP contribution in [0.25, 0.3) is 0 Å². The third-order valence-corrected chi connectivity index (χ3v) is 3.15. The summed E-state index contributed by atoms with van der Waals surface area (Å²) in [6.45, 7) is 3.61. The van der Waals surface area contributed by atoms with Crippen molar-refractivity contribution in [3.63, 3.8) is 0 Å². The first-order chi connectivity index (χ1) is 7.43. The highest BCUT2D eigenvalue weighted by molar-refractivity contribution is 8.93. The maximum atomic E-state index is 11.9. The molecule has 17 heavy (non-hydrogen) atoms. The lowest BCUT2D eigenvalue weighted by atomic mass is 9.83. The van der Waals surface area contributed by atoms with E-state index in [0.717, 1.165) is 6.42 Å². The molecule has 5 nitrogen and oxygen atoms in total. The molecule has 2 unspecified atom stereocenters. The molecule has 3 atom stereocenters. The van der Waals surface area contributed by atoms with Crippen LogP contribution in [-0.2, 0) is 14.3 Å². The van der Waals surface area contributed by atoms with Crippen LogP contribution in [-0.4, -0.2) is 29.9 Å². The van der Waals surface area contributed by atoms with Crippen LogP contribution in [0.1, 0.15) is 33.1 Å². The molecule has 1 rings (SSSR count). The molecule has 0 amide bonds. The summed E-state index contributed by atoms with van der Waals surface area (Å²) in [5.74, 6) is -1.12. The van der Waals surface area contributed by atoms with E-state index in [1.54, 1.807) is 13.8 Å². The number of esters is 1. The van der Waals surface area contributed by atoms with E-state index in [2.05, 4.69) is 0 Å². The molecule has 6 heteroatoms. The molecule has 0 radical (unpaired) electrons. The highest BCUT2D eigenvalue weighted by Crippen LogP contribution is 2.35. The van der Waals surface area contributed by atoms with E-state index >= 15 is 0 Å². The van der Waals surface area contributed by atoms with E-state index in [1.807, 2.05) is 0 Å². The molecule has 0 saturated heterocycles. The summed E-state index contributed by atoms with van der Waals surface area (Å²) in [6, 6.07) is -0.583. The molecule has 100 valence electrons. The van der Waals surface area contributed by atoms with Gasteiger partial charge >= 0.3 is 5.97 Å². The molecular weight excluding hydrogens is 288 g/mol. The van der Waals surface area contributed by atoms with Gasteiger partial charge in [0.05, 0.1) is 12.6 Å². The van der Waals surface area contributed by atoms with Crippen molar-refractivity contribution in [1.29, 1.82) is 0 Å². The molecule has 0 aromatic heterocycles. The van der Waals surface area contributed by atoms with Gasteiger partial charge in [-0.25, -0.2) is 0 Å². The van der Waals surface area contributed by atoms with E-state index in [9.17, 15) is 9.59 Å². The fraction of sp³-hybridized carbons (Fsp3) is 0.818. The summed E-state index contributed by atoms with van der Waals surface area (Å²) in [5, 5.41) is 0. The van der Waals surface area contributed by atoms with Gasteiger partial charge in [0.15, 0.2) is 5.78 Å². The van der Waals surface area contributed by atoms with Crippen molar-refractivity contribution in [3.8, 4) is 0 Å². The quantitative estimate of drug-likeness (QED) is 0.739. The number of Topliss-reactive ketones (excluding diaryl/α,β-unsaturated/α-hetero) is 1. The monoisotopic (exact) mass is 308 g/mol. The van der Waals surface area contributed by atoms with E-state index in [1.165, 1.54) is 0 Å². The lowest BCUT2D eigenvalue weighted by Gasteiger charge is -2.28. The highest BCUT2D eigenvalue weighted by Gasteiger charge is 2.50. The standard InChI is InChI=1S/C11H20N2O3.BrH/c1-3-16-10(15)11(13)6-4-5-8(11)9(14)7(2)12;/h7-8H,3-6,12-13H2,1-2H3;1H/t7-,8?,11?;/m0./s1. The number of rotatable bonds is 4. The number of hydrogen-bond donors (Lipinski definition) is 2. The highest BCUT2D eigenvalue weighted by atomic mass is 79.9. The van der Waals surface area contributed by atoms with Crippen LogP contribution in [0.15, 0.2) is 0 Å². The first kappa shape index (κ1) is 16.5. The van der Waals surface area contributed by atoms with Gasteiger partial charge in [0.2, 0.25) is 0 Å². The van der Waals surface area contributed by atoms with Crippen molar-refractivity contribution in [2.45, 2.75) is 44.7 Å². The zero-order chi connectivity index (χ0) is 12.3. The van der Waals surface area contributed by atoms with Crippen LogP contribution in [0.2, 0.25) is 0 Å². The van der Waals surface area contributed by atoms with E-state index in [4.69, 9.17) is 16.2 Å². The zero-order valence-electron chi connectivity index (χ0n) is 10.3. The second kappa shape index (κ2) is 6.47. The van der Waals surface area contributed by atoms with Gasteiger partial charge in [-0.15, -0.1) is 17.0 Å². The van der Waals surface area contributed by atoms with E-state index < -0.39 is 23.5 Å². The largest absolute Gasteiger partial charge is 0.465 e. The molecule has 1 saturated carbocycles. The Morgan fingerprint density at radius 2 is 2.12 bits per heavy atom. The summed E-state index contributed by atoms with van der Waals surface area (Å²) in [4.78, 5) is 23.6. The second-order valence-corrected chi connectivity index (χ2v) is 4.40. The van der Waals surface area contributed by atoms with E-state index in [0.29, 0.717) is 12.8 Å². The predicted molar refractivity (Wildman–Crippen MR) is 69.9 cm³/mol. The molecule has 0 aromatic carbocycles. The average Bonchev–Trinajstić information content (AvgIpc) is 2.61. The Bertz CT molecular complexity index is 296. The molecule has 0 aliphatic heterocycles. The van der Waals surface area contributed by atoms with Gasteiger partial charge in [0.25, 0.3) is 0 Å². The minimum Gasteiger partial charge on any atom is -0.465 e. The smallest absolute Gasteiger partial charge is 0.326 e. The molecule has 0 aromatic rings. The predicted octanol–water partition coefficient (Wildman–Crippen LogP) is 0.541. The number of nitrogens with two attached hydrogens (primary N) is 2. The number of hydrogen-bond acceptors (Lipinski definition) is 5. The van der Waals surface area contributed by atoms with Gasteiger partial charge in [0, 0.05) is 5.92 Å². The first-order valence-corrected chi connectivity index (χ1v) is 5.69. The average molecular weight is 309 g/mol. The lowest BCUT2D eigenvalue weighted by molar-refractivity contribution is -0.153. The first-order valence-electron chi connectivity index (χ1n) is 5.69. The van der Waals surface area contributed by atoms with Crippen molar-refractivity contribution in [2.75, 3.05) is 6.61 Å². The Hall–Kier alpha value is -0.460. The number of halogens is 1. The van der Waals surface area contributed by atoms with Gasteiger partial charge in [-0.1, -0.05) is 6.42 Å². The Balaban J connectivity index is 0.00000256. The van der Waals surface area contributed by atoms with Gasteiger partial charge in [-0.2, -0.15) is 0 Å². The van der Waals surface area contributed by atoms with Crippen molar-refractivity contribution in [2.24, 2.45) is 17.4 Å². The number of carbonyl (C=O) groups is 2. The van der Waals surface area contributed by atoms with Crippen LogP contribution in [0, 0.1) is 5.92 Å². The normalized spacial score (nSPS) is 29.3. The number of ketones is 1. The third kappa shape index (κ3) is 3.26. The Kier molecular flexibility index (Phi) is 6.29. The van der Waals surface area contributed by atoms with Crippen LogP contribution in [0.3, 0.4) is 0 Å². The topological polar surface area (TPSA) is 95.4 Å². The maximum absolute atomic E-state index is 11.9. The number of carbonyl (C=O) groups excluding carboxylic acids is 2. The summed E-state index contributed by atoms with van der Waals surface area (Å²) < 4.78 is 4.93. The maximum Gasteiger partial charge on any atom is 0.326 e. The minimum absolute atomic E-state index is 0. The summed E-state index contributed by atoms with van der Waals surface area (Å²) in [6.07, 6.45) is 1.88. The molecule has 1 aliphatic rings. The summed E-state index contributed by atoms with van der Waals surface area (Å²) >= 11 is 0. The van der Waals surface area contributed by atoms with Crippen molar-refractivity contribution >= 4 is 28.7 Å². The van der Waals surface area contributed by atoms with Gasteiger partial charge in [-0.3, -0.25) is 9.59 Å². The molecule has 0 bridgehead atoms. The minimum atomic E-state index is -1.17. The fourth-order valence-corrected chi connectivity index (χ4v) is 2.25. The van der Waals surface area contributed by atoms with Crippen molar-refractivity contribution in [1.82, 2.24) is 0 Å². The number of ether oxygens (including phenoxy) is 1. The Morgan fingerprint density at radius 1 is 1.53 bits per heavy atom. The SMILES string of the molecule is Br.CCOC(=O)C1(N)CCCC1C(=O)[C@H](C)N. The lowest BCUT2D eigenvalue weighted by Crippen LogP contribution is -2.56. The van der Waals surface area contributed by atoms with Crippen LogP contribution in [0.5, 0.6) is 0 Å². The molecule has 4 N–H and O–H groups in total. The zero-order valence-corrected chi connectivity index (χ0v) is 12.0. The van der Waals surface area contributed by atoms with Crippen LogP contribution >= 0.6 is 17.0 Å². The third-order valence-electron chi connectivity index (χ3n) is 3.15. The van der Waals surface area contributed by atoms with Gasteiger partial charge in [-0.05, 0) is 26.7 Å². The molecular formula is C11H21BrN2O3.